The van der Waals surface area contributed by atoms with Crippen molar-refractivity contribution in [2.45, 2.75) is 31.3 Å². The molecule has 2 aromatic heterocycles. The molecule has 3 atom stereocenters. The molecule has 3 aromatic rings. The number of carbonyl (C=O) groups is 2. The maximum atomic E-state index is 9.55. The van der Waals surface area contributed by atoms with Crippen molar-refractivity contribution < 1.29 is 19.8 Å². The van der Waals surface area contributed by atoms with Crippen molar-refractivity contribution in [2.24, 2.45) is 5.92 Å². The number of aliphatic carboxylic acids is 2. The fourth-order valence-corrected chi connectivity index (χ4v) is 4.92. The van der Waals surface area contributed by atoms with Gasteiger partial charge in [0.1, 0.15) is 12.7 Å². The molecule has 0 bridgehead atoms. The van der Waals surface area contributed by atoms with Crippen LogP contribution < -0.4 is 0 Å². The summed E-state index contributed by atoms with van der Waals surface area (Å²) in [5.74, 6) is -1.27. The van der Waals surface area contributed by atoms with Crippen molar-refractivity contribution in [3.05, 3.63) is 60.3 Å². The molecule has 1 aliphatic carbocycles. The van der Waals surface area contributed by atoms with E-state index in [1.165, 1.54) is 28.5 Å². The lowest BCUT2D eigenvalue weighted by atomic mass is 9.72. The lowest BCUT2D eigenvalue weighted by molar-refractivity contribution is -0.134. The molecular weight excluding hydrogens is 398 g/mol. The molecule has 0 saturated carbocycles. The number of carboxylic acids is 2. The number of benzene rings is 1. The van der Waals surface area contributed by atoms with Gasteiger partial charge in [0, 0.05) is 54.3 Å². The number of H-pyrrole nitrogens is 1. The van der Waals surface area contributed by atoms with E-state index < -0.39 is 11.9 Å². The number of nitrogens with zero attached hydrogens (tertiary/aromatic N) is 4. The summed E-state index contributed by atoms with van der Waals surface area (Å²) < 4.78 is 1.98. The van der Waals surface area contributed by atoms with Crippen LogP contribution >= 0.6 is 0 Å². The number of hydrogen-bond donors (Lipinski definition) is 3. The van der Waals surface area contributed by atoms with E-state index >= 15 is 0 Å². The van der Waals surface area contributed by atoms with Gasteiger partial charge in [-0.25, -0.2) is 14.6 Å². The fourth-order valence-electron chi connectivity index (χ4n) is 4.92. The highest BCUT2D eigenvalue weighted by Gasteiger charge is 2.39. The first-order valence-corrected chi connectivity index (χ1v) is 10.2. The first-order valence-electron chi connectivity index (χ1n) is 10.2. The quantitative estimate of drug-likeness (QED) is 0.549. The molecule has 0 amide bonds. The molecule has 9 nitrogen and oxygen atoms in total. The highest BCUT2D eigenvalue weighted by atomic mass is 16.4. The third kappa shape index (κ3) is 4.51. The molecular formula is C22H25N5O4. The molecule has 5 rings (SSSR count). The molecule has 1 aliphatic heterocycles. The maximum absolute atomic E-state index is 9.55. The number of nitrogens with one attached hydrogen (secondary N) is 1. The zero-order valence-electron chi connectivity index (χ0n) is 17.2. The standard InChI is InChI=1S/C18H21N5.C4H4O4/c1-22-8-12(9-23-11-19-10-21-23)5-15-14-3-2-4-16-18(14)13(7-20-16)6-17(15)22;5-3(6)1-2-4(7)8/h2-4,7,10-12,15,17,20H,5-6,8-9H2,1H3;1-2H,(H,5,6)(H,7,8)/b;2-1-/t12-,15-,17-;/m1./s1. The second-order valence-electron chi connectivity index (χ2n) is 8.13. The Labute approximate surface area is 179 Å². The SMILES string of the molecule is CN1C[C@H](Cn2cncn2)C[C@@H]2c3cccc4[nH]cc(c34)C[C@H]21.O=C(O)/C=C\C(=O)O. The molecule has 162 valence electrons. The van der Waals surface area contributed by atoms with Crippen LogP contribution in [0.5, 0.6) is 0 Å². The molecule has 9 heteroatoms. The Balaban J connectivity index is 0.000000250. The number of likely N-dealkylation sites (tertiary alicyclic amines) is 1. The third-order valence-electron chi connectivity index (χ3n) is 6.09. The van der Waals surface area contributed by atoms with E-state index in [2.05, 4.69) is 51.4 Å². The lowest BCUT2D eigenvalue weighted by Crippen LogP contribution is -2.48. The van der Waals surface area contributed by atoms with Crippen molar-refractivity contribution in [3.8, 4) is 0 Å². The number of hydrogen-bond acceptors (Lipinski definition) is 5. The molecule has 0 spiro atoms. The van der Waals surface area contributed by atoms with Crippen LogP contribution in [-0.2, 0) is 22.6 Å². The predicted molar refractivity (Wildman–Crippen MR) is 114 cm³/mol. The predicted octanol–water partition coefficient (Wildman–Crippen LogP) is 2.13. The molecule has 1 fully saturated rings. The van der Waals surface area contributed by atoms with Crippen LogP contribution in [0, 0.1) is 5.92 Å². The number of rotatable bonds is 4. The molecule has 3 heterocycles. The number of aromatic nitrogens is 4. The monoisotopic (exact) mass is 423 g/mol. The Hall–Kier alpha value is -3.46. The Bertz CT molecular complexity index is 1090. The fraction of sp³-hybridized carbons (Fsp3) is 0.364. The van der Waals surface area contributed by atoms with Gasteiger partial charge in [0.2, 0.25) is 0 Å². The summed E-state index contributed by atoms with van der Waals surface area (Å²) in [7, 11) is 2.28. The Kier molecular flexibility index (Phi) is 5.85. The first kappa shape index (κ1) is 20.8. The Morgan fingerprint density at radius 3 is 2.71 bits per heavy atom. The van der Waals surface area contributed by atoms with Gasteiger partial charge in [-0.15, -0.1) is 0 Å². The zero-order chi connectivity index (χ0) is 22.0. The van der Waals surface area contributed by atoms with E-state index in [1.807, 2.05) is 11.0 Å². The Morgan fingerprint density at radius 1 is 1.26 bits per heavy atom. The smallest absolute Gasteiger partial charge is 0.328 e. The van der Waals surface area contributed by atoms with E-state index in [1.54, 1.807) is 6.33 Å². The lowest BCUT2D eigenvalue weighted by Gasteiger charge is -2.45. The van der Waals surface area contributed by atoms with Gasteiger partial charge < -0.3 is 20.1 Å². The highest BCUT2D eigenvalue weighted by molar-refractivity contribution is 5.89. The summed E-state index contributed by atoms with van der Waals surface area (Å²) in [5.41, 5.74) is 4.31. The third-order valence-corrected chi connectivity index (χ3v) is 6.09. The van der Waals surface area contributed by atoms with Crippen molar-refractivity contribution in [1.82, 2.24) is 24.6 Å². The normalized spacial score (nSPS) is 22.7. The first-order chi connectivity index (χ1) is 14.9. The highest BCUT2D eigenvalue weighted by Crippen LogP contribution is 2.44. The van der Waals surface area contributed by atoms with Gasteiger partial charge >= 0.3 is 11.9 Å². The summed E-state index contributed by atoms with van der Waals surface area (Å²) in [4.78, 5) is 29.2. The van der Waals surface area contributed by atoms with Crippen LogP contribution in [0.4, 0.5) is 0 Å². The number of fused-ring (bicyclic) bond motifs is 2. The number of piperidine rings is 1. The average molecular weight is 423 g/mol. The number of likely N-dealkylation sites (N-methyl/N-ethyl adjacent to an activating group) is 1. The van der Waals surface area contributed by atoms with Crippen LogP contribution in [0.2, 0.25) is 0 Å². The molecule has 3 N–H and O–H groups in total. The minimum Gasteiger partial charge on any atom is -0.478 e. The number of carboxylic acid groups (broad SMARTS) is 2. The second kappa shape index (κ2) is 8.73. The summed E-state index contributed by atoms with van der Waals surface area (Å²) >= 11 is 0. The van der Waals surface area contributed by atoms with Crippen molar-refractivity contribution in [1.29, 1.82) is 0 Å². The molecule has 1 aromatic carbocycles. The van der Waals surface area contributed by atoms with Crippen LogP contribution in [-0.4, -0.2) is 66.4 Å². The van der Waals surface area contributed by atoms with E-state index in [0.29, 0.717) is 30.0 Å². The van der Waals surface area contributed by atoms with Gasteiger partial charge in [0.05, 0.1) is 0 Å². The Morgan fingerprint density at radius 2 is 2.03 bits per heavy atom. The van der Waals surface area contributed by atoms with Crippen LogP contribution in [0.1, 0.15) is 23.5 Å². The molecule has 0 unspecified atom stereocenters. The summed E-state index contributed by atoms with van der Waals surface area (Å²) in [6.07, 6.45) is 9.18. The van der Waals surface area contributed by atoms with E-state index in [-0.39, 0.29) is 0 Å². The van der Waals surface area contributed by atoms with Gasteiger partial charge in [-0.2, -0.15) is 5.10 Å². The topological polar surface area (TPSA) is 124 Å². The van der Waals surface area contributed by atoms with E-state index in [4.69, 9.17) is 10.2 Å². The zero-order valence-corrected chi connectivity index (χ0v) is 17.2. The largest absolute Gasteiger partial charge is 0.478 e. The van der Waals surface area contributed by atoms with E-state index in [0.717, 1.165) is 19.5 Å². The van der Waals surface area contributed by atoms with Crippen LogP contribution in [0.25, 0.3) is 10.9 Å². The minimum atomic E-state index is -1.26. The van der Waals surface area contributed by atoms with Crippen molar-refractivity contribution in [2.75, 3.05) is 13.6 Å². The summed E-state index contributed by atoms with van der Waals surface area (Å²) in [6.45, 7) is 2.10. The van der Waals surface area contributed by atoms with Gasteiger partial charge in [-0.05, 0) is 43.0 Å². The van der Waals surface area contributed by atoms with Gasteiger partial charge in [0.15, 0.2) is 0 Å². The molecule has 31 heavy (non-hydrogen) atoms. The van der Waals surface area contributed by atoms with Gasteiger partial charge in [0.25, 0.3) is 0 Å². The molecule has 2 aliphatic rings. The maximum Gasteiger partial charge on any atom is 0.328 e. The second-order valence-corrected chi connectivity index (χ2v) is 8.13. The average Bonchev–Trinajstić information content (AvgIpc) is 3.39. The van der Waals surface area contributed by atoms with Crippen molar-refractivity contribution >= 4 is 22.8 Å². The van der Waals surface area contributed by atoms with Crippen molar-refractivity contribution in [3.63, 3.8) is 0 Å². The molecule has 0 radical (unpaired) electrons. The molecule has 1 saturated heterocycles. The summed E-state index contributed by atoms with van der Waals surface area (Å²) in [6, 6.07) is 7.35. The summed E-state index contributed by atoms with van der Waals surface area (Å²) in [5, 5.41) is 21.4. The van der Waals surface area contributed by atoms with E-state index in [9.17, 15) is 9.59 Å². The van der Waals surface area contributed by atoms with Crippen LogP contribution in [0.3, 0.4) is 0 Å². The number of aromatic amines is 1. The van der Waals surface area contributed by atoms with Crippen LogP contribution in [0.15, 0.2) is 49.2 Å². The van der Waals surface area contributed by atoms with Gasteiger partial charge in [-0.3, -0.25) is 4.68 Å². The minimum absolute atomic E-state index is 0.558. The van der Waals surface area contributed by atoms with Gasteiger partial charge in [-0.1, -0.05) is 12.1 Å².